The summed E-state index contributed by atoms with van der Waals surface area (Å²) >= 11 is 0. The molecule has 0 aliphatic rings. The maximum Gasteiger partial charge on any atom is 0.407 e. The quantitative estimate of drug-likeness (QED) is 0.836. The molecule has 0 radical (unpaired) electrons. The lowest BCUT2D eigenvalue weighted by atomic mass is 10.2. The molecule has 0 spiro atoms. The molecule has 0 bridgehead atoms. The van der Waals surface area contributed by atoms with Crippen molar-refractivity contribution in [3.05, 3.63) is 54.1 Å². The van der Waals surface area contributed by atoms with Gasteiger partial charge in [0, 0.05) is 6.54 Å². The van der Waals surface area contributed by atoms with E-state index in [-0.39, 0.29) is 0 Å². The van der Waals surface area contributed by atoms with Gasteiger partial charge < -0.3 is 10.1 Å². The minimum atomic E-state index is -0.457. The first-order chi connectivity index (χ1) is 8.97. The zero-order valence-corrected chi connectivity index (χ0v) is 11.7. The fraction of sp³-hybridized carbons (Fsp3) is 0.312. The van der Waals surface area contributed by atoms with E-state index >= 15 is 0 Å². The van der Waals surface area contributed by atoms with Crippen LogP contribution in [0, 0.1) is 0 Å². The summed E-state index contributed by atoms with van der Waals surface area (Å²) in [6, 6.07) is 10.0. The second kappa shape index (κ2) is 7.41. The van der Waals surface area contributed by atoms with Gasteiger partial charge in [-0.05, 0) is 26.3 Å². The lowest BCUT2D eigenvalue weighted by Crippen LogP contribution is -2.32. The summed E-state index contributed by atoms with van der Waals surface area (Å²) in [6.45, 7) is 5.97. The average molecular weight is 259 g/mol. The van der Waals surface area contributed by atoms with Crippen LogP contribution in [-0.4, -0.2) is 18.2 Å². The molecule has 1 amide bonds. The number of benzene rings is 1. The minimum Gasteiger partial charge on any atom is -0.444 e. The Hall–Kier alpha value is -2.03. The number of carbonyl (C=O) groups is 1. The molecular formula is C16H21NO2. The van der Waals surface area contributed by atoms with Crippen molar-refractivity contribution >= 4 is 12.2 Å². The van der Waals surface area contributed by atoms with Crippen molar-refractivity contribution in [1.29, 1.82) is 0 Å². The molecule has 0 heterocycles. The fourth-order valence-corrected chi connectivity index (χ4v) is 1.33. The van der Waals surface area contributed by atoms with E-state index in [2.05, 4.69) is 5.32 Å². The Labute approximate surface area is 115 Å². The summed E-state index contributed by atoms with van der Waals surface area (Å²) in [5, 5.41) is 2.66. The number of allylic oxidation sites excluding steroid dienone is 2. The molecular weight excluding hydrogens is 238 g/mol. The number of alkyl carbamates (subject to hydrolysis) is 1. The number of ether oxygens (including phenoxy) is 1. The van der Waals surface area contributed by atoms with Crippen molar-refractivity contribution in [2.24, 2.45) is 0 Å². The molecule has 0 unspecified atom stereocenters. The van der Waals surface area contributed by atoms with E-state index in [1.807, 2.05) is 75.4 Å². The molecule has 102 valence electrons. The normalized spacial score (nSPS) is 11.9. The smallest absolute Gasteiger partial charge is 0.407 e. The molecule has 0 aliphatic heterocycles. The van der Waals surface area contributed by atoms with Crippen molar-refractivity contribution < 1.29 is 9.53 Å². The number of rotatable bonds is 4. The van der Waals surface area contributed by atoms with E-state index < -0.39 is 11.7 Å². The molecule has 19 heavy (non-hydrogen) atoms. The summed E-state index contributed by atoms with van der Waals surface area (Å²) in [7, 11) is 0. The molecule has 0 saturated carbocycles. The highest BCUT2D eigenvalue weighted by Crippen LogP contribution is 2.06. The van der Waals surface area contributed by atoms with E-state index in [4.69, 9.17) is 4.74 Å². The van der Waals surface area contributed by atoms with Gasteiger partial charge in [0.25, 0.3) is 0 Å². The zero-order valence-electron chi connectivity index (χ0n) is 11.7. The van der Waals surface area contributed by atoms with Gasteiger partial charge in [0.2, 0.25) is 0 Å². The highest BCUT2D eigenvalue weighted by atomic mass is 16.6. The molecule has 0 aromatic heterocycles. The van der Waals surface area contributed by atoms with Crippen molar-refractivity contribution in [2.75, 3.05) is 6.54 Å². The van der Waals surface area contributed by atoms with Gasteiger partial charge >= 0.3 is 6.09 Å². The topological polar surface area (TPSA) is 38.3 Å². The predicted octanol–water partition coefficient (Wildman–Crippen LogP) is 3.78. The van der Waals surface area contributed by atoms with Crippen molar-refractivity contribution in [3.8, 4) is 0 Å². The molecule has 0 saturated heterocycles. The molecule has 0 fully saturated rings. The summed E-state index contributed by atoms with van der Waals surface area (Å²) in [5.74, 6) is 0. The van der Waals surface area contributed by atoms with Gasteiger partial charge in [-0.1, -0.05) is 54.6 Å². The second-order valence-corrected chi connectivity index (χ2v) is 5.08. The van der Waals surface area contributed by atoms with Crippen LogP contribution in [0.1, 0.15) is 26.3 Å². The highest BCUT2D eigenvalue weighted by molar-refractivity contribution is 5.67. The third-order valence-electron chi connectivity index (χ3n) is 2.10. The lowest BCUT2D eigenvalue weighted by molar-refractivity contribution is 0.0534. The number of amides is 1. The van der Waals surface area contributed by atoms with Crippen LogP contribution >= 0.6 is 0 Å². The third kappa shape index (κ3) is 7.82. The Kier molecular flexibility index (Phi) is 5.86. The van der Waals surface area contributed by atoms with E-state index in [0.717, 1.165) is 5.56 Å². The van der Waals surface area contributed by atoms with Crippen LogP contribution in [0.25, 0.3) is 6.08 Å². The Morgan fingerprint density at radius 1 is 1.21 bits per heavy atom. The second-order valence-electron chi connectivity index (χ2n) is 5.08. The van der Waals surface area contributed by atoms with Crippen LogP contribution in [0.4, 0.5) is 4.79 Å². The van der Waals surface area contributed by atoms with E-state index in [1.54, 1.807) is 0 Å². The Bertz CT molecular complexity index is 442. The maximum atomic E-state index is 11.3. The summed E-state index contributed by atoms with van der Waals surface area (Å²) in [4.78, 5) is 11.3. The van der Waals surface area contributed by atoms with Crippen LogP contribution in [-0.2, 0) is 4.74 Å². The minimum absolute atomic E-state index is 0.399. The third-order valence-corrected chi connectivity index (χ3v) is 2.10. The van der Waals surface area contributed by atoms with Gasteiger partial charge in [0.1, 0.15) is 5.60 Å². The standard InChI is InChI=1S/C16H21NO2/c1-16(2,3)19-15(18)17-13-9-5-8-12-14-10-6-4-7-11-14/h4-12H,13H2,1-3H3,(H,17,18)/b9-5+,12-8+. The van der Waals surface area contributed by atoms with Crippen molar-refractivity contribution in [2.45, 2.75) is 26.4 Å². The molecule has 1 aromatic rings. The molecule has 0 atom stereocenters. The number of hydrogen-bond acceptors (Lipinski definition) is 2. The summed E-state index contributed by atoms with van der Waals surface area (Å²) in [6.07, 6.45) is 7.30. The maximum absolute atomic E-state index is 11.3. The van der Waals surface area contributed by atoms with Crippen LogP contribution in [0.3, 0.4) is 0 Å². The molecule has 1 aromatic carbocycles. The average Bonchev–Trinajstić information content (AvgIpc) is 2.32. The first-order valence-electron chi connectivity index (χ1n) is 6.32. The van der Waals surface area contributed by atoms with Gasteiger partial charge in [0.05, 0.1) is 0 Å². The Balaban J connectivity index is 2.24. The summed E-state index contributed by atoms with van der Waals surface area (Å²) < 4.78 is 5.11. The van der Waals surface area contributed by atoms with E-state index in [0.29, 0.717) is 6.54 Å². The van der Waals surface area contributed by atoms with Gasteiger partial charge in [-0.3, -0.25) is 0 Å². The number of carbonyl (C=O) groups excluding carboxylic acids is 1. The highest BCUT2D eigenvalue weighted by Gasteiger charge is 2.14. The van der Waals surface area contributed by atoms with Gasteiger partial charge in [-0.25, -0.2) is 4.79 Å². The zero-order chi connectivity index (χ0) is 14.1. The SMILES string of the molecule is CC(C)(C)OC(=O)NC/C=C/C=C/c1ccccc1. The number of nitrogens with one attached hydrogen (secondary N) is 1. The van der Waals surface area contributed by atoms with E-state index in [9.17, 15) is 4.79 Å². The van der Waals surface area contributed by atoms with Gasteiger partial charge in [-0.2, -0.15) is 0 Å². The van der Waals surface area contributed by atoms with Gasteiger partial charge in [0.15, 0.2) is 0 Å². The Morgan fingerprint density at radius 2 is 1.89 bits per heavy atom. The van der Waals surface area contributed by atoms with Crippen LogP contribution in [0.2, 0.25) is 0 Å². The Morgan fingerprint density at radius 3 is 2.53 bits per heavy atom. The first-order valence-corrected chi connectivity index (χ1v) is 6.32. The molecule has 3 heteroatoms. The van der Waals surface area contributed by atoms with Crippen LogP contribution < -0.4 is 5.32 Å². The fourth-order valence-electron chi connectivity index (χ4n) is 1.33. The predicted molar refractivity (Wildman–Crippen MR) is 78.9 cm³/mol. The largest absolute Gasteiger partial charge is 0.444 e. The monoisotopic (exact) mass is 259 g/mol. The van der Waals surface area contributed by atoms with E-state index in [1.165, 1.54) is 0 Å². The van der Waals surface area contributed by atoms with Crippen LogP contribution in [0.15, 0.2) is 48.6 Å². The molecule has 1 N–H and O–H groups in total. The van der Waals surface area contributed by atoms with Crippen molar-refractivity contribution in [1.82, 2.24) is 5.32 Å². The molecule has 3 nitrogen and oxygen atoms in total. The first kappa shape index (κ1) is 15.0. The summed E-state index contributed by atoms with van der Waals surface area (Å²) in [5.41, 5.74) is 0.688. The van der Waals surface area contributed by atoms with Gasteiger partial charge in [-0.15, -0.1) is 0 Å². The molecule has 0 aliphatic carbocycles. The van der Waals surface area contributed by atoms with Crippen molar-refractivity contribution in [3.63, 3.8) is 0 Å². The number of hydrogen-bond donors (Lipinski definition) is 1. The lowest BCUT2D eigenvalue weighted by Gasteiger charge is -2.19. The van der Waals surface area contributed by atoms with Crippen LogP contribution in [0.5, 0.6) is 0 Å². The molecule has 1 rings (SSSR count).